The van der Waals surface area contributed by atoms with E-state index in [2.05, 4.69) is 10.4 Å². The maximum absolute atomic E-state index is 12.1. The van der Waals surface area contributed by atoms with Crippen LogP contribution in [0, 0.1) is 0 Å². The number of aryl methyl sites for hydroxylation is 1. The molecule has 7 nitrogen and oxygen atoms in total. The van der Waals surface area contributed by atoms with Crippen LogP contribution in [0.15, 0.2) is 35.2 Å². The van der Waals surface area contributed by atoms with Crippen molar-refractivity contribution in [2.24, 2.45) is 7.05 Å². The molecule has 0 bridgehead atoms. The summed E-state index contributed by atoms with van der Waals surface area (Å²) < 4.78 is 29.8. The normalized spacial score (nSPS) is 12.0. The molecule has 0 saturated heterocycles. The second-order valence-corrected chi connectivity index (χ2v) is 8.88. The highest BCUT2D eigenvalue weighted by Gasteiger charge is 2.19. The SMILES string of the molecule is Cn1nc(C(C)(C)C)cc1NC(=O)COc1ccc(S(C)(=O)=O)cc1. The summed E-state index contributed by atoms with van der Waals surface area (Å²) in [5.41, 5.74) is 0.765. The molecule has 0 aliphatic heterocycles. The number of carbonyl (C=O) groups excluding carboxylic acids is 1. The molecular weight excluding hydrogens is 342 g/mol. The van der Waals surface area contributed by atoms with E-state index in [9.17, 15) is 13.2 Å². The number of amides is 1. The van der Waals surface area contributed by atoms with Crippen LogP contribution in [0.25, 0.3) is 0 Å². The smallest absolute Gasteiger partial charge is 0.263 e. The maximum Gasteiger partial charge on any atom is 0.263 e. The number of hydrogen-bond donors (Lipinski definition) is 1. The summed E-state index contributed by atoms with van der Waals surface area (Å²) in [5, 5.41) is 7.14. The summed E-state index contributed by atoms with van der Waals surface area (Å²) in [7, 11) is -1.49. The van der Waals surface area contributed by atoms with Crippen molar-refractivity contribution >= 4 is 21.6 Å². The van der Waals surface area contributed by atoms with Gasteiger partial charge in [0.05, 0.1) is 10.6 Å². The molecule has 0 fully saturated rings. The second kappa shape index (κ2) is 6.87. The fourth-order valence-corrected chi connectivity index (χ4v) is 2.69. The molecular formula is C17H23N3O4S. The highest BCUT2D eigenvalue weighted by Crippen LogP contribution is 2.23. The highest BCUT2D eigenvalue weighted by atomic mass is 32.2. The van der Waals surface area contributed by atoms with Crippen LogP contribution >= 0.6 is 0 Å². The Labute approximate surface area is 147 Å². The van der Waals surface area contributed by atoms with Gasteiger partial charge in [0.25, 0.3) is 5.91 Å². The molecule has 0 saturated carbocycles. The molecule has 2 rings (SSSR count). The molecule has 0 unspecified atom stereocenters. The predicted octanol–water partition coefficient (Wildman–Crippen LogP) is 2.14. The molecule has 25 heavy (non-hydrogen) atoms. The average molecular weight is 365 g/mol. The number of anilines is 1. The van der Waals surface area contributed by atoms with Gasteiger partial charge in [-0.2, -0.15) is 5.10 Å². The molecule has 0 aliphatic rings. The van der Waals surface area contributed by atoms with Gasteiger partial charge in [0.2, 0.25) is 0 Å². The van der Waals surface area contributed by atoms with Crippen LogP contribution in [-0.4, -0.2) is 37.0 Å². The third kappa shape index (κ3) is 5.06. The summed E-state index contributed by atoms with van der Waals surface area (Å²) in [4.78, 5) is 12.3. The van der Waals surface area contributed by atoms with Crippen LogP contribution in [0.1, 0.15) is 26.5 Å². The molecule has 1 heterocycles. The lowest BCUT2D eigenvalue weighted by molar-refractivity contribution is -0.118. The van der Waals surface area contributed by atoms with Gasteiger partial charge in [-0.25, -0.2) is 8.42 Å². The number of nitrogens with zero attached hydrogens (tertiary/aromatic N) is 2. The maximum atomic E-state index is 12.1. The van der Waals surface area contributed by atoms with Crippen molar-refractivity contribution in [2.45, 2.75) is 31.1 Å². The summed E-state index contributed by atoms with van der Waals surface area (Å²) in [6.45, 7) is 5.95. The number of benzene rings is 1. The lowest BCUT2D eigenvalue weighted by Crippen LogP contribution is -2.21. The highest BCUT2D eigenvalue weighted by molar-refractivity contribution is 7.90. The number of nitrogens with one attached hydrogen (secondary N) is 1. The first kappa shape index (κ1) is 19.0. The van der Waals surface area contributed by atoms with E-state index < -0.39 is 9.84 Å². The predicted molar refractivity (Wildman–Crippen MR) is 95.6 cm³/mol. The lowest BCUT2D eigenvalue weighted by atomic mass is 9.92. The van der Waals surface area contributed by atoms with Crippen LogP contribution in [0.3, 0.4) is 0 Å². The Morgan fingerprint density at radius 2 is 1.84 bits per heavy atom. The fourth-order valence-electron chi connectivity index (χ4n) is 2.06. The first-order chi connectivity index (χ1) is 11.5. The van der Waals surface area contributed by atoms with Gasteiger partial charge in [0.15, 0.2) is 16.4 Å². The molecule has 1 N–H and O–H groups in total. The number of hydrogen-bond acceptors (Lipinski definition) is 5. The number of ether oxygens (including phenoxy) is 1. The first-order valence-electron chi connectivity index (χ1n) is 7.74. The van der Waals surface area contributed by atoms with Gasteiger partial charge in [-0.05, 0) is 24.3 Å². The summed E-state index contributed by atoms with van der Waals surface area (Å²) in [6.07, 6.45) is 1.13. The van der Waals surface area contributed by atoms with Crippen molar-refractivity contribution in [3.8, 4) is 5.75 Å². The molecule has 0 radical (unpaired) electrons. The Morgan fingerprint density at radius 1 is 1.24 bits per heavy atom. The van der Waals surface area contributed by atoms with Crippen LogP contribution in [0.2, 0.25) is 0 Å². The minimum atomic E-state index is -3.25. The molecule has 0 aliphatic carbocycles. The van der Waals surface area contributed by atoms with Gasteiger partial charge < -0.3 is 10.1 Å². The van der Waals surface area contributed by atoms with E-state index >= 15 is 0 Å². The average Bonchev–Trinajstić information content (AvgIpc) is 2.86. The Bertz CT molecular complexity index is 862. The zero-order chi connectivity index (χ0) is 18.8. The number of carbonyl (C=O) groups is 1. The minimum Gasteiger partial charge on any atom is -0.484 e. The number of aromatic nitrogens is 2. The van der Waals surface area contributed by atoms with E-state index in [1.54, 1.807) is 11.7 Å². The van der Waals surface area contributed by atoms with Crippen molar-refractivity contribution < 1.29 is 17.9 Å². The van der Waals surface area contributed by atoms with E-state index in [-0.39, 0.29) is 22.8 Å². The van der Waals surface area contributed by atoms with Gasteiger partial charge in [-0.3, -0.25) is 9.48 Å². The van der Waals surface area contributed by atoms with Gasteiger partial charge in [0.1, 0.15) is 11.6 Å². The van der Waals surface area contributed by atoms with E-state index in [1.165, 1.54) is 24.3 Å². The monoisotopic (exact) mass is 365 g/mol. The molecule has 0 spiro atoms. The topological polar surface area (TPSA) is 90.3 Å². The molecule has 0 atom stereocenters. The third-order valence-electron chi connectivity index (χ3n) is 3.54. The summed E-state index contributed by atoms with van der Waals surface area (Å²) >= 11 is 0. The van der Waals surface area contributed by atoms with Crippen LogP contribution in [-0.2, 0) is 27.1 Å². The standard InChI is InChI=1S/C17H23N3O4S/c1-17(2,3)14-10-15(20(4)19-14)18-16(21)11-24-12-6-8-13(9-7-12)25(5,22)23/h6-10H,11H2,1-5H3,(H,18,21). The quantitative estimate of drug-likeness (QED) is 0.877. The van der Waals surface area contributed by atoms with Crippen LogP contribution in [0.4, 0.5) is 5.82 Å². The Morgan fingerprint density at radius 3 is 2.32 bits per heavy atom. The molecule has 2 aromatic rings. The van der Waals surface area contributed by atoms with Gasteiger partial charge >= 0.3 is 0 Å². The number of sulfone groups is 1. The zero-order valence-electron chi connectivity index (χ0n) is 15.0. The Hall–Kier alpha value is -2.35. The van der Waals surface area contributed by atoms with Crippen molar-refractivity contribution in [1.82, 2.24) is 9.78 Å². The van der Waals surface area contributed by atoms with E-state index in [4.69, 9.17) is 4.74 Å². The van der Waals surface area contributed by atoms with Gasteiger partial charge in [-0.15, -0.1) is 0 Å². The van der Waals surface area contributed by atoms with Crippen molar-refractivity contribution in [1.29, 1.82) is 0 Å². The number of rotatable bonds is 5. The van der Waals surface area contributed by atoms with E-state index in [0.717, 1.165) is 11.9 Å². The van der Waals surface area contributed by atoms with Gasteiger partial charge in [0, 0.05) is 24.8 Å². The fraction of sp³-hybridized carbons (Fsp3) is 0.412. The first-order valence-corrected chi connectivity index (χ1v) is 9.63. The minimum absolute atomic E-state index is 0.113. The van der Waals surface area contributed by atoms with Crippen molar-refractivity contribution in [3.05, 3.63) is 36.0 Å². The molecule has 1 aromatic heterocycles. The summed E-state index contributed by atoms with van der Waals surface area (Å²) in [6, 6.07) is 7.76. The second-order valence-electron chi connectivity index (χ2n) is 6.87. The zero-order valence-corrected chi connectivity index (χ0v) is 15.8. The molecule has 1 aromatic carbocycles. The largest absolute Gasteiger partial charge is 0.484 e. The van der Waals surface area contributed by atoms with Crippen molar-refractivity contribution in [2.75, 3.05) is 18.2 Å². The lowest BCUT2D eigenvalue weighted by Gasteiger charge is -2.13. The third-order valence-corrected chi connectivity index (χ3v) is 4.67. The Balaban J connectivity index is 1.96. The molecule has 136 valence electrons. The molecule has 8 heteroatoms. The van der Waals surface area contributed by atoms with Crippen LogP contribution < -0.4 is 10.1 Å². The van der Waals surface area contributed by atoms with Crippen molar-refractivity contribution in [3.63, 3.8) is 0 Å². The molecule has 1 amide bonds. The van der Waals surface area contributed by atoms with Gasteiger partial charge in [-0.1, -0.05) is 20.8 Å². The summed E-state index contributed by atoms with van der Waals surface area (Å²) in [5.74, 6) is 0.685. The Kier molecular flexibility index (Phi) is 5.22. The van der Waals surface area contributed by atoms with E-state index in [1.807, 2.05) is 26.8 Å². The van der Waals surface area contributed by atoms with E-state index in [0.29, 0.717) is 11.6 Å². The van der Waals surface area contributed by atoms with Crippen LogP contribution in [0.5, 0.6) is 5.75 Å².